The Bertz CT molecular complexity index is 962. The highest BCUT2D eigenvalue weighted by Crippen LogP contribution is 2.26. The highest BCUT2D eigenvalue weighted by Gasteiger charge is 2.12. The molecule has 0 unspecified atom stereocenters. The maximum Gasteiger partial charge on any atom is 0.180 e. The van der Waals surface area contributed by atoms with Gasteiger partial charge in [0.05, 0.1) is 25.0 Å². The van der Waals surface area contributed by atoms with Crippen LogP contribution in [0.2, 0.25) is 0 Å². The van der Waals surface area contributed by atoms with Gasteiger partial charge in [0.2, 0.25) is 0 Å². The third-order valence-corrected chi connectivity index (χ3v) is 4.78. The van der Waals surface area contributed by atoms with Crippen LogP contribution in [0.4, 0.5) is 5.82 Å². The fourth-order valence-electron chi connectivity index (χ4n) is 2.74. The maximum atomic E-state index is 9.58. The molecule has 0 radical (unpaired) electrons. The van der Waals surface area contributed by atoms with E-state index in [1.54, 1.807) is 17.5 Å². The van der Waals surface area contributed by atoms with Crippen molar-refractivity contribution in [2.75, 3.05) is 5.32 Å². The van der Waals surface area contributed by atoms with E-state index in [0.29, 0.717) is 0 Å². The fraction of sp³-hybridized carbons (Fsp3) is 0.111. The Kier molecular flexibility index (Phi) is 3.98. The van der Waals surface area contributed by atoms with Gasteiger partial charge in [0.15, 0.2) is 11.5 Å². The molecule has 0 fully saturated rings. The Labute approximate surface area is 143 Å². The van der Waals surface area contributed by atoms with Crippen molar-refractivity contribution in [2.24, 2.45) is 0 Å². The topological polar surface area (TPSA) is 62.5 Å². The van der Waals surface area contributed by atoms with E-state index >= 15 is 0 Å². The fourth-order valence-corrected chi connectivity index (χ4v) is 3.38. The van der Waals surface area contributed by atoms with Crippen LogP contribution in [0.15, 0.2) is 60.4 Å². The van der Waals surface area contributed by atoms with Crippen LogP contribution < -0.4 is 5.32 Å². The van der Waals surface area contributed by atoms with Crippen LogP contribution in [0.3, 0.4) is 0 Å². The molecule has 0 spiro atoms. The number of thiophene rings is 1. The van der Waals surface area contributed by atoms with Gasteiger partial charge in [-0.15, -0.1) is 11.3 Å². The van der Waals surface area contributed by atoms with Gasteiger partial charge < -0.3 is 10.4 Å². The quantitative estimate of drug-likeness (QED) is 0.585. The lowest BCUT2D eigenvalue weighted by molar-refractivity contribution is 0.282. The van der Waals surface area contributed by atoms with Gasteiger partial charge in [-0.25, -0.2) is 9.97 Å². The van der Waals surface area contributed by atoms with Gasteiger partial charge in [-0.3, -0.25) is 4.40 Å². The summed E-state index contributed by atoms with van der Waals surface area (Å²) >= 11 is 1.71. The summed E-state index contributed by atoms with van der Waals surface area (Å²) in [5.41, 5.74) is 3.57. The minimum absolute atomic E-state index is 0.00201. The lowest BCUT2D eigenvalue weighted by Gasteiger charge is -2.09. The van der Waals surface area contributed by atoms with E-state index in [1.807, 2.05) is 47.1 Å². The number of anilines is 1. The largest absolute Gasteiger partial charge is 0.392 e. The van der Waals surface area contributed by atoms with Crippen LogP contribution in [0.25, 0.3) is 16.9 Å². The number of imidazole rings is 1. The number of nitrogens with zero attached hydrogens (tertiary/aromatic N) is 3. The van der Waals surface area contributed by atoms with Crippen LogP contribution in [0, 0.1) is 0 Å². The molecule has 0 bridgehead atoms. The number of rotatable bonds is 5. The predicted molar refractivity (Wildman–Crippen MR) is 96.0 cm³/mol. The Balaban J connectivity index is 1.73. The number of aliphatic hydroxyl groups excluding tert-OH is 1. The first-order valence-corrected chi connectivity index (χ1v) is 8.52. The van der Waals surface area contributed by atoms with Gasteiger partial charge in [0.25, 0.3) is 0 Å². The van der Waals surface area contributed by atoms with Crippen molar-refractivity contribution in [3.63, 3.8) is 0 Å². The van der Waals surface area contributed by atoms with Crippen LogP contribution in [-0.4, -0.2) is 19.5 Å². The molecule has 3 heterocycles. The van der Waals surface area contributed by atoms with Gasteiger partial charge in [-0.05, 0) is 17.0 Å². The van der Waals surface area contributed by atoms with Crippen molar-refractivity contribution in [1.82, 2.24) is 14.4 Å². The summed E-state index contributed by atoms with van der Waals surface area (Å²) in [4.78, 5) is 10.2. The second-order valence-corrected chi connectivity index (χ2v) is 6.39. The summed E-state index contributed by atoms with van der Waals surface area (Å²) in [5.74, 6) is 0.749. The molecular formula is C18H16N4OS. The van der Waals surface area contributed by atoms with E-state index in [1.165, 1.54) is 4.88 Å². The summed E-state index contributed by atoms with van der Waals surface area (Å²) in [6, 6.07) is 11.9. The Morgan fingerprint density at radius 1 is 1.12 bits per heavy atom. The van der Waals surface area contributed by atoms with Crippen molar-refractivity contribution in [3.8, 4) is 11.3 Å². The number of hydrogen-bond donors (Lipinski definition) is 2. The second-order valence-electron chi connectivity index (χ2n) is 5.36. The summed E-state index contributed by atoms with van der Waals surface area (Å²) in [6.45, 7) is 0.720. The summed E-state index contributed by atoms with van der Waals surface area (Å²) in [7, 11) is 0. The van der Waals surface area contributed by atoms with Crippen LogP contribution in [-0.2, 0) is 13.2 Å². The summed E-state index contributed by atoms with van der Waals surface area (Å²) in [5, 5.41) is 15.0. The zero-order chi connectivity index (χ0) is 16.4. The molecule has 1 aromatic carbocycles. The van der Waals surface area contributed by atoms with Gasteiger partial charge in [0.1, 0.15) is 0 Å². The van der Waals surface area contributed by atoms with Crippen LogP contribution >= 0.6 is 11.3 Å². The zero-order valence-electron chi connectivity index (χ0n) is 12.9. The number of hydrogen-bond acceptors (Lipinski definition) is 5. The Morgan fingerprint density at radius 2 is 2.04 bits per heavy atom. The molecule has 0 atom stereocenters. The number of aromatic nitrogens is 3. The molecule has 3 aromatic heterocycles. The number of nitrogens with one attached hydrogen (secondary N) is 1. The number of benzene rings is 1. The van der Waals surface area contributed by atoms with E-state index < -0.39 is 0 Å². The number of aliphatic hydroxyl groups is 1. The maximum absolute atomic E-state index is 9.58. The molecule has 0 aliphatic rings. The molecule has 0 aliphatic carbocycles. The third kappa shape index (κ3) is 2.66. The van der Waals surface area contributed by atoms with Gasteiger partial charge in [0, 0.05) is 22.8 Å². The van der Waals surface area contributed by atoms with E-state index in [9.17, 15) is 5.11 Å². The highest BCUT2D eigenvalue weighted by atomic mass is 32.1. The van der Waals surface area contributed by atoms with E-state index in [0.717, 1.165) is 34.8 Å². The first-order valence-electron chi connectivity index (χ1n) is 7.64. The summed E-state index contributed by atoms with van der Waals surface area (Å²) < 4.78 is 2.00. The van der Waals surface area contributed by atoms with Crippen molar-refractivity contribution in [1.29, 1.82) is 0 Å². The smallest absolute Gasteiger partial charge is 0.180 e. The van der Waals surface area contributed by atoms with Gasteiger partial charge in [-0.1, -0.05) is 30.3 Å². The molecule has 120 valence electrons. The van der Waals surface area contributed by atoms with Crippen molar-refractivity contribution < 1.29 is 5.11 Å². The Morgan fingerprint density at radius 3 is 2.88 bits per heavy atom. The molecule has 4 aromatic rings. The zero-order valence-corrected chi connectivity index (χ0v) is 13.7. The van der Waals surface area contributed by atoms with Gasteiger partial charge >= 0.3 is 0 Å². The lowest BCUT2D eigenvalue weighted by atomic mass is 10.1. The van der Waals surface area contributed by atoms with E-state index in [4.69, 9.17) is 0 Å². The van der Waals surface area contributed by atoms with E-state index in [-0.39, 0.29) is 6.61 Å². The molecule has 0 saturated heterocycles. The standard InChI is InChI=1S/C18H16N4OS/c23-12-13-4-1-2-6-15(13)16-11-21-18-17(19-7-8-22(16)18)20-10-14-5-3-9-24-14/h1-9,11,23H,10,12H2,(H,19,20). The van der Waals surface area contributed by atoms with Crippen molar-refractivity contribution in [2.45, 2.75) is 13.2 Å². The Hall–Kier alpha value is -2.70. The summed E-state index contributed by atoms with van der Waals surface area (Å²) in [6.07, 6.45) is 5.47. The molecule has 0 saturated carbocycles. The molecule has 0 amide bonds. The number of fused-ring (bicyclic) bond motifs is 1. The molecule has 6 heteroatoms. The van der Waals surface area contributed by atoms with E-state index in [2.05, 4.69) is 26.7 Å². The average molecular weight is 336 g/mol. The lowest BCUT2D eigenvalue weighted by Crippen LogP contribution is -2.03. The van der Waals surface area contributed by atoms with Crippen LogP contribution in [0.5, 0.6) is 0 Å². The normalized spacial score (nSPS) is 11.0. The molecule has 5 nitrogen and oxygen atoms in total. The molecule has 24 heavy (non-hydrogen) atoms. The second kappa shape index (κ2) is 6.43. The van der Waals surface area contributed by atoms with Gasteiger partial charge in [-0.2, -0.15) is 0 Å². The SMILES string of the molecule is OCc1ccccc1-c1cnc2c(NCc3cccs3)nccn12. The molecule has 2 N–H and O–H groups in total. The van der Waals surface area contributed by atoms with Crippen molar-refractivity contribution >= 4 is 22.8 Å². The molecule has 4 rings (SSSR count). The highest BCUT2D eigenvalue weighted by molar-refractivity contribution is 7.09. The monoisotopic (exact) mass is 336 g/mol. The molecule has 0 aliphatic heterocycles. The minimum atomic E-state index is -0.00201. The third-order valence-electron chi connectivity index (χ3n) is 3.90. The molecular weight excluding hydrogens is 320 g/mol. The predicted octanol–water partition coefficient (Wildman–Crippen LogP) is 3.56. The average Bonchev–Trinajstić information content (AvgIpc) is 3.29. The first-order chi connectivity index (χ1) is 11.9. The first kappa shape index (κ1) is 14.9. The minimum Gasteiger partial charge on any atom is -0.392 e. The van der Waals surface area contributed by atoms with Crippen LogP contribution in [0.1, 0.15) is 10.4 Å². The van der Waals surface area contributed by atoms with Crippen molar-refractivity contribution in [3.05, 3.63) is 70.8 Å².